The molecule has 1 aliphatic heterocycles. The molecule has 0 fully saturated rings. The summed E-state index contributed by atoms with van der Waals surface area (Å²) < 4.78 is 0. The third-order valence-corrected chi connectivity index (χ3v) is 2.96. The van der Waals surface area contributed by atoms with Crippen molar-refractivity contribution in [3.8, 4) is 11.3 Å². The van der Waals surface area contributed by atoms with Gasteiger partial charge in [-0.3, -0.25) is 4.79 Å². The molecule has 90 valence electrons. The molecule has 5 heteroatoms. The molecule has 3 rings (SSSR count). The summed E-state index contributed by atoms with van der Waals surface area (Å²) in [6.07, 6.45) is 0.428. The van der Waals surface area contributed by atoms with Gasteiger partial charge in [0.1, 0.15) is 0 Å². The smallest absolute Gasteiger partial charge is 0.228 e. The lowest BCUT2D eigenvalue weighted by atomic mass is 10.1. The topological polar surface area (TPSA) is 80.9 Å². The van der Waals surface area contributed by atoms with Crippen LogP contribution < -0.4 is 11.1 Å². The zero-order valence-corrected chi connectivity index (χ0v) is 9.68. The Morgan fingerprint density at radius 2 is 2.11 bits per heavy atom. The van der Waals surface area contributed by atoms with Crippen LogP contribution in [0.1, 0.15) is 11.3 Å². The highest BCUT2D eigenvalue weighted by molar-refractivity contribution is 5.99. The highest BCUT2D eigenvalue weighted by Gasteiger charge is 2.17. The van der Waals surface area contributed by atoms with Crippen LogP contribution in [-0.2, 0) is 17.8 Å². The first-order valence-electron chi connectivity index (χ1n) is 5.72. The van der Waals surface area contributed by atoms with Gasteiger partial charge in [0.05, 0.1) is 17.8 Å². The van der Waals surface area contributed by atoms with Gasteiger partial charge in [-0.25, -0.2) is 0 Å². The normalized spacial score (nSPS) is 13.3. The zero-order chi connectivity index (χ0) is 12.5. The highest BCUT2D eigenvalue weighted by Crippen LogP contribution is 2.27. The number of nitrogens with zero attached hydrogens (tertiary/aromatic N) is 2. The van der Waals surface area contributed by atoms with E-state index in [1.54, 1.807) is 0 Å². The molecule has 1 amide bonds. The second-order valence-electron chi connectivity index (χ2n) is 4.21. The molecular formula is C13H12N4O. The van der Waals surface area contributed by atoms with Crippen molar-refractivity contribution in [2.75, 3.05) is 5.32 Å². The third-order valence-electron chi connectivity index (χ3n) is 2.96. The Hall–Kier alpha value is -2.27. The number of hydrogen-bond acceptors (Lipinski definition) is 4. The summed E-state index contributed by atoms with van der Waals surface area (Å²) in [5.41, 5.74) is 9.87. The molecule has 1 aromatic heterocycles. The molecule has 0 saturated carbocycles. The minimum Gasteiger partial charge on any atom is -0.326 e. The monoisotopic (exact) mass is 240 g/mol. The summed E-state index contributed by atoms with van der Waals surface area (Å²) in [6, 6.07) is 9.55. The van der Waals surface area contributed by atoms with E-state index in [-0.39, 0.29) is 5.91 Å². The van der Waals surface area contributed by atoms with Crippen molar-refractivity contribution in [1.82, 2.24) is 10.2 Å². The third kappa shape index (κ3) is 1.84. The number of nitrogens with one attached hydrogen (secondary N) is 1. The van der Waals surface area contributed by atoms with Crippen molar-refractivity contribution in [2.24, 2.45) is 5.73 Å². The molecule has 18 heavy (non-hydrogen) atoms. The van der Waals surface area contributed by atoms with Crippen LogP contribution in [-0.4, -0.2) is 16.1 Å². The van der Waals surface area contributed by atoms with Crippen molar-refractivity contribution in [2.45, 2.75) is 13.0 Å². The van der Waals surface area contributed by atoms with Gasteiger partial charge in [-0.2, -0.15) is 10.2 Å². The van der Waals surface area contributed by atoms with Crippen molar-refractivity contribution in [3.05, 3.63) is 41.6 Å². The predicted molar refractivity (Wildman–Crippen MR) is 67.7 cm³/mol. The van der Waals surface area contributed by atoms with E-state index in [9.17, 15) is 4.79 Å². The molecule has 0 unspecified atom stereocenters. The van der Waals surface area contributed by atoms with E-state index in [1.807, 2.05) is 30.3 Å². The summed E-state index contributed by atoms with van der Waals surface area (Å²) in [5, 5.41) is 11.0. The number of rotatable bonds is 2. The van der Waals surface area contributed by atoms with Crippen LogP contribution >= 0.6 is 0 Å². The van der Waals surface area contributed by atoms with E-state index in [4.69, 9.17) is 5.73 Å². The first kappa shape index (κ1) is 10.9. The number of nitrogens with two attached hydrogens (primary N) is 1. The van der Waals surface area contributed by atoms with Crippen molar-refractivity contribution >= 4 is 11.6 Å². The molecule has 0 aliphatic carbocycles. The average molecular weight is 240 g/mol. The Labute approximate surface area is 104 Å². The summed E-state index contributed by atoms with van der Waals surface area (Å²) in [7, 11) is 0. The van der Waals surface area contributed by atoms with Crippen molar-refractivity contribution < 1.29 is 4.79 Å². The number of fused-ring (bicyclic) bond motifs is 1. The van der Waals surface area contributed by atoms with Crippen LogP contribution in [0.15, 0.2) is 30.3 Å². The molecule has 0 radical (unpaired) electrons. The molecule has 2 aromatic rings. The number of amides is 1. The fraction of sp³-hybridized carbons (Fsp3) is 0.154. The van der Waals surface area contributed by atoms with Crippen LogP contribution in [0.4, 0.5) is 5.69 Å². The van der Waals surface area contributed by atoms with Crippen LogP contribution in [0.25, 0.3) is 11.3 Å². The lowest BCUT2D eigenvalue weighted by Crippen LogP contribution is -2.03. The number of benzene rings is 1. The predicted octanol–water partition coefficient (Wildman–Crippen LogP) is 1.10. The Morgan fingerprint density at radius 3 is 2.83 bits per heavy atom. The highest BCUT2D eigenvalue weighted by atomic mass is 16.1. The van der Waals surface area contributed by atoms with Crippen molar-refractivity contribution in [1.29, 1.82) is 0 Å². The van der Waals surface area contributed by atoms with Gasteiger partial charge in [0.25, 0.3) is 0 Å². The lowest BCUT2D eigenvalue weighted by Gasteiger charge is -2.03. The molecule has 0 spiro atoms. The van der Waals surface area contributed by atoms with E-state index in [2.05, 4.69) is 15.5 Å². The van der Waals surface area contributed by atoms with Crippen LogP contribution in [0.3, 0.4) is 0 Å². The van der Waals surface area contributed by atoms with E-state index in [0.29, 0.717) is 13.0 Å². The maximum absolute atomic E-state index is 11.3. The Kier molecular flexibility index (Phi) is 2.53. The van der Waals surface area contributed by atoms with Gasteiger partial charge >= 0.3 is 0 Å². The largest absolute Gasteiger partial charge is 0.326 e. The second kappa shape index (κ2) is 4.19. The zero-order valence-electron chi connectivity index (χ0n) is 9.68. The molecule has 1 aliphatic rings. The maximum Gasteiger partial charge on any atom is 0.228 e. The lowest BCUT2D eigenvalue weighted by molar-refractivity contribution is -0.115. The van der Waals surface area contributed by atoms with Gasteiger partial charge in [0.15, 0.2) is 0 Å². The summed E-state index contributed by atoms with van der Waals surface area (Å²) in [6.45, 7) is 0.385. The minimum absolute atomic E-state index is 0.0340. The average Bonchev–Trinajstić information content (AvgIpc) is 2.78. The van der Waals surface area contributed by atoms with Crippen LogP contribution in [0.2, 0.25) is 0 Å². The van der Waals surface area contributed by atoms with E-state index in [0.717, 1.165) is 28.2 Å². The summed E-state index contributed by atoms with van der Waals surface area (Å²) in [5.74, 6) is 0.0340. The fourth-order valence-electron chi connectivity index (χ4n) is 2.01. The second-order valence-corrected chi connectivity index (χ2v) is 4.21. The molecule has 0 saturated heterocycles. The molecule has 1 aromatic carbocycles. The van der Waals surface area contributed by atoms with Crippen LogP contribution in [0, 0.1) is 0 Å². The number of hydrogen-bond donors (Lipinski definition) is 2. The Bertz CT molecular complexity index is 607. The molecule has 2 heterocycles. The van der Waals surface area contributed by atoms with Gasteiger partial charge in [0, 0.05) is 17.8 Å². The summed E-state index contributed by atoms with van der Waals surface area (Å²) in [4.78, 5) is 11.3. The van der Waals surface area contributed by atoms with Crippen LogP contribution in [0.5, 0.6) is 0 Å². The van der Waals surface area contributed by atoms with Crippen molar-refractivity contribution in [3.63, 3.8) is 0 Å². The summed E-state index contributed by atoms with van der Waals surface area (Å²) >= 11 is 0. The fourth-order valence-corrected chi connectivity index (χ4v) is 2.01. The number of carbonyl (C=O) groups is 1. The SMILES string of the molecule is NCc1ccc(-c2ccc3c(c2)CC(=O)N3)nn1. The number of aromatic nitrogens is 2. The first-order chi connectivity index (χ1) is 8.76. The number of anilines is 1. The molecule has 3 N–H and O–H groups in total. The molecule has 0 atom stereocenters. The Morgan fingerprint density at radius 1 is 1.22 bits per heavy atom. The van der Waals surface area contributed by atoms with Gasteiger partial charge in [-0.15, -0.1) is 0 Å². The quantitative estimate of drug-likeness (QED) is 0.823. The van der Waals surface area contributed by atoms with E-state index < -0.39 is 0 Å². The first-order valence-corrected chi connectivity index (χ1v) is 5.72. The number of carbonyl (C=O) groups excluding carboxylic acids is 1. The van der Waals surface area contributed by atoms with E-state index >= 15 is 0 Å². The molecule has 5 nitrogen and oxygen atoms in total. The minimum atomic E-state index is 0.0340. The maximum atomic E-state index is 11.3. The van der Waals surface area contributed by atoms with Gasteiger partial charge in [-0.1, -0.05) is 6.07 Å². The molecule has 0 bridgehead atoms. The van der Waals surface area contributed by atoms with Gasteiger partial charge in [-0.05, 0) is 29.8 Å². The van der Waals surface area contributed by atoms with E-state index in [1.165, 1.54) is 0 Å². The standard InChI is InChI=1S/C13H12N4O/c14-7-10-2-4-12(17-16-10)8-1-3-11-9(5-8)6-13(18)15-11/h1-5H,6-7,14H2,(H,15,18). The molecular weight excluding hydrogens is 228 g/mol. The Balaban J connectivity index is 1.97. The van der Waals surface area contributed by atoms with Gasteiger partial charge < -0.3 is 11.1 Å². The van der Waals surface area contributed by atoms with Gasteiger partial charge in [0.2, 0.25) is 5.91 Å².